The first-order valence-corrected chi connectivity index (χ1v) is 3.79. The molecule has 1 fully saturated rings. The monoisotopic (exact) mass is 151 g/mol. The Bertz CT molecular complexity index is 212. The van der Waals surface area contributed by atoms with Gasteiger partial charge in [-0.25, -0.2) is 0 Å². The molecule has 0 spiro atoms. The summed E-state index contributed by atoms with van der Waals surface area (Å²) >= 11 is 0. The highest BCUT2D eigenvalue weighted by Gasteiger charge is 2.50. The van der Waals surface area contributed by atoms with Gasteiger partial charge < -0.3 is 5.32 Å². The highest BCUT2D eigenvalue weighted by atomic mass is 16.2. The summed E-state index contributed by atoms with van der Waals surface area (Å²) in [7, 11) is 0. The molecule has 1 saturated carbocycles. The number of terminal acetylenes is 1. The Morgan fingerprint density at radius 3 is 2.73 bits per heavy atom. The molecule has 1 atom stereocenters. The first-order valence-electron chi connectivity index (χ1n) is 3.79. The van der Waals surface area contributed by atoms with E-state index in [0.717, 1.165) is 6.42 Å². The molecular formula is C9H13NO. The lowest BCUT2D eigenvalue weighted by Crippen LogP contribution is -2.26. The van der Waals surface area contributed by atoms with Gasteiger partial charge in [-0.2, -0.15) is 0 Å². The number of nitrogens with one attached hydrogen (secondary N) is 1. The molecule has 1 amide bonds. The molecule has 0 aromatic heterocycles. The summed E-state index contributed by atoms with van der Waals surface area (Å²) in [5, 5.41) is 2.67. The van der Waals surface area contributed by atoms with Crippen molar-refractivity contribution in [3.8, 4) is 12.3 Å². The predicted molar refractivity (Wildman–Crippen MR) is 43.7 cm³/mol. The molecule has 1 aliphatic rings. The van der Waals surface area contributed by atoms with Crippen LogP contribution >= 0.6 is 0 Å². The van der Waals surface area contributed by atoms with Crippen molar-refractivity contribution in [1.29, 1.82) is 0 Å². The largest absolute Gasteiger partial charge is 0.345 e. The smallest absolute Gasteiger partial charge is 0.224 e. The maximum atomic E-state index is 11.2. The summed E-state index contributed by atoms with van der Waals surface area (Å²) in [6.45, 7) is 4.53. The predicted octanol–water partition coefficient (Wildman–Crippen LogP) is 0.782. The third-order valence-electron chi connectivity index (χ3n) is 2.19. The van der Waals surface area contributed by atoms with Crippen LogP contribution in [0.25, 0.3) is 0 Å². The first kappa shape index (κ1) is 8.13. The number of carbonyl (C=O) groups is 1. The summed E-state index contributed by atoms with van der Waals surface area (Å²) < 4.78 is 0. The number of hydrogen-bond donors (Lipinski definition) is 1. The van der Waals surface area contributed by atoms with Gasteiger partial charge in [-0.15, -0.1) is 6.42 Å². The van der Waals surface area contributed by atoms with Crippen molar-refractivity contribution in [2.24, 2.45) is 11.3 Å². The first-order chi connectivity index (χ1) is 5.08. The fourth-order valence-electron chi connectivity index (χ4n) is 1.18. The molecule has 0 aromatic carbocycles. The standard InChI is InChI=1S/C9H13NO/c1-4-5-10-8(11)7-6-9(7,2)3/h1,7H,5-6H2,2-3H3,(H,10,11). The van der Waals surface area contributed by atoms with Crippen molar-refractivity contribution in [1.82, 2.24) is 5.32 Å². The van der Waals surface area contributed by atoms with Crippen LogP contribution in [0.3, 0.4) is 0 Å². The second-order valence-corrected chi connectivity index (χ2v) is 3.67. The zero-order valence-electron chi connectivity index (χ0n) is 6.98. The van der Waals surface area contributed by atoms with Crippen molar-refractivity contribution in [2.75, 3.05) is 6.54 Å². The maximum Gasteiger partial charge on any atom is 0.224 e. The van der Waals surface area contributed by atoms with Gasteiger partial charge in [0.15, 0.2) is 0 Å². The molecule has 1 aliphatic carbocycles. The Hall–Kier alpha value is -0.970. The number of amides is 1. The Morgan fingerprint density at radius 1 is 1.82 bits per heavy atom. The van der Waals surface area contributed by atoms with Gasteiger partial charge in [0.2, 0.25) is 5.91 Å². The second-order valence-electron chi connectivity index (χ2n) is 3.67. The lowest BCUT2D eigenvalue weighted by atomic mass is 10.1. The number of rotatable bonds is 2. The van der Waals surface area contributed by atoms with Gasteiger partial charge >= 0.3 is 0 Å². The van der Waals surface area contributed by atoms with Crippen LogP contribution in [0.2, 0.25) is 0 Å². The van der Waals surface area contributed by atoms with Gasteiger partial charge in [0.25, 0.3) is 0 Å². The molecule has 0 aliphatic heterocycles. The van der Waals surface area contributed by atoms with Gasteiger partial charge in [-0.3, -0.25) is 4.79 Å². The number of hydrogen-bond acceptors (Lipinski definition) is 1. The fraction of sp³-hybridized carbons (Fsp3) is 0.667. The summed E-state index contributed by atoms with van der Waals surface area (Å²) in [6.07, 6.45) is 5.99. The van der Waals surface area contributed by atoms with E-state index in [-0.39, 0.29) is 17.2 Å². The van der Waals surface area contributed by atoms with Gasteiger partial charge in [0.05, 0.1) is 6.54 Å². The minimum Gasteiger partial charge on any atom is -0.345 e. The summed E-state index contributed by atoms with van der Waals surface area (Å²) in [5.74, 6) is 2.67. The van der Waals surface area contributed by atoms with E-state index in [1.807, 2.05) is 0 Å². The third-order valence-corrected chi connectivity index (χ3v) is 2.19. The summed E-state index contributed by atoms with van der Waals surface area (Å²) in [5.41, 5.74) is 0.207. The fourth-order valence-corrected chi connectivity index (χ4v) is 1.18. The van der Waals surface area contributed by atoms with Crippen LogP contribution in [0.5, 0.6) is 0 Å². The SMILES string of the molecule is C#CCNC(=O)C1CC1(C)C. The van der Waals surface area contributed by atoms with E-state index in [1.54, 1.807) is 0 Å². The molecule has 2 heteroatoms. The normalized spacial score (nSPS) is 25.4. The number of carbonyl (C=O) groups excluding carboxylic acids is 1. The quantitative estimate of drug-likeness (QED) is 0.581. The van der Waals surface area contributed by atoms with Crippen molar-refractivity contribution >= 4 is 5.91 Å². The molecule has 11 heavy (non-hydrogen) atoms. The highest BCUT2D eigenvalue weighted by molar-refractivity contribution is 5.82. The van der Waals surface area contributed by atoms with Crippen LogP contribution < -0.4 is 5.32 Å². The van der Waals surface area contributed by atoms with Crippen molar-refractivity contribution < 1.29 is 4.79 Å². The van der Waals surface area contributed by atoms with Crippen molar-refractivity contribution in [3.05, 3.63) is 0 Å². The minimum atomic E-state index is 0.105. The third kappa shape index (κ3) is 1.74. The Morgan fingerprint density at radius 2 is 2.36 bits per heavy atom. The molecule has 60 valence electrons. The lowest BCUT2D eigenvalue weighted by Gasteiger charge is -2.02. The Balaban J connectivity index is 2.30. The topological polar surface area (TPSA) is 29.1 Å². The van der Waals surface area contributed by atoms with Crippen LogP contribution in [0.4, 0.5) is 0 Å². The highest BCUT2D eigenvalue weighted by Crippen LogP contribution is 2.51. The van der Waals surface area contributed by atoms with Crippen LogP contribution in [0.1, 0.15) is 20.3 Å². The zero-order chi connectivity index (χ0) is 8.48. The van der Waals surface area contributed by atoms with Crippen LogP contribution in [0.15, 0.2) is 0 Å². The Kier molecular flexibility index (Phi) is 1.90. The van der Waals surface area contributed by atoms with Gasteiger partial charge in [-0.1, -0.05) is 19.8 Å². The zero-order valence-corrected chi connectivity index (χ0v) is 6.98. The second kappa shape index (κ2) is 2.58. The molecule has 0 aromatic rings. The van der Waals surface area contributed by atoms with E-state index in [0.29, 0.717) is 6.54 Å². The molecule has 0 radical (unpaired) electrons. The molecular weight excluding hydrogens is 138 g/mol. The molecule has 0 bridgehead atoms. The molecule has 0 heterocycles. The van der Waals surface area contributed by atoms with E-state index < -0.39 is 0 Å². The van der Waals surface area contributed by atoms with Crippen LogP contribution in [-0.2, 0) is 4.79 Å². The van der Waals surface area contributed by atoms with E-state index >= 15 is 0 Å². The molecule has 1 rings (SSSR count). The average Bonchev–Trinajstić information content (AvgIpc) is 2.55. The molecule has 1 unspecified atom stereocenters. The van der Waals surface area contributed by atoms with E-state index in [2.05, 4.69) is 25.1 Å². The summed E-state index contributed by atoms with van der Waals surface area (Å²) in [6, 6.07) is 0. The van der Waals surface area contributed by atoms with E-state index in [9.17, 15) is 4.79 Å². The maximum absolute atomic E-state index is 11.2. The van der Waals surface area contributed by atoms with Crippen LogP contribution in [0, 0.1) is 23.7 Å². The molecule has 0 saturated heterocycles. The Labute approximate surface area is 67.4 Å². The minimum absolute atomic E-state index is 0.105. The van der Waals surface area contributed by atoms with E-state index in [1.165, 1.54) is 0 Å². The van der Waals surface area contributed by atoms with Crippen molar-refractivity contribution in [2.45, 2.75) is 20.3 Å². The van der Waals surface area contributed by atoms with E-state index in [4.69, 9.17) is 6.42 Å². The summed E-state index contributed by atoms with van der Waals surface area (Å²) in [4.78, 5) is 11.2. The molecule has 2 nitrogen and oxygen atoms in total. The average molecular weight is 151 g/mol. The lowest BCUT2D eigenvalue weighted by molar-refractivity contribution is -0.122. The van der Waals surface area contributed by atoms with Gasteiger partial charge in [0, 0.05) is 5.92 Å². The van der Waals surface area contributed by atoms with Gasteiger partial charge in [0.1, 0.15) is 0 Å². The van der Waals surface area contributed by atoms with Gasteiger partial charge in [-0.05, 0) is 11.8 Å². The van der Waals surface area contributed by atoms with Crippen molar-refractivity contribution in [3.63, 3.8) is 0 Å². The molecule has 1 N–H and O–H groups in total. The van der Waals surface area contributed by atoms with Crippen LogP contribution in [-0.4, -0.2) is 12.5 Å².